The molecule has 0 bridgehead atoms. The summed E-state index contributed by atoms with van der Waals surface area (Å²) in [5.41, 5.74) is 11.4. The first-order valence-electron chi connectivity index (χ1n) is 15.9. The van der Waals surface area contributed by atoms with Gasteiger partial charge in [-0.05, 0) is 70.6 Å². The number of hydrogen-bond acceptors (Lipinski definition) is 3. The zero-order valence-corrected chi connectivity index (χ0v) is 25.8. The van der Waals surface area contributed by atoms with Crippen molar-refractivity contribution < 1.29 is 4.74 Å². The molecule has 0 atom stereocenters. The first kappa shape index (κ1) is 26.6. The van der Waals surface area contributed by atoms with E-state index in [2.05, 4.69) is 175 Å². The highest BCUT2D eigenvalue weighted by Gasteiger charge is 2.43. The van der Waals surface area contributed by atoms with Gasteiger partial charge in [0.05, 0.1) is 28.4 Å². The lowest BCUT2D eigenvalue weighted by atomic mass is 9.72. The standard InChI is InChI=1S/C43H32N2O/c1-43(2)34-18-11-24-40-42(34)45(36-19-8-9-23-39(36)46-40)38-22-12-21-37(41(38)43)44(35-20-10-16-31-15-6-7-17-33(31)35)32-27-25-30(26-28-32)29-13-4-3-5-14-29/h3-28H,1-2H3. The zero-order valence-electron chi connectivity index (χ0n) is 25.8. The third-order valence-electron chi connectivity index (χ3n) is 9.59. The van der Waals surface area contributed by atoms with Crippen LogP contribution in [0.15, 0.2) is 158 Å². The molecular formula is C43H32N2O. The molecular weight excluding hydrogens is 560 g/mol. The molecule has 2 aliphatic rings. The number of fused-ring (bicyclic) bond motifs is 5. The number of anilines is 6. The third-order valence-corrected chi connectivity index (χ3v) is 9.59. The molecule has 0 saturated heterocycles. The van der Waals surface area contributed by atoms with E-state index < -0.39 is 0 Å². The molecule has 9 rings (SSSR count). The van der Waals surface area contributed by atoms with Crippen LogP contribution in [0.4, 0.5) is 34.1 Å². The van der Waals surface area contributed by atoms with Crippen LogP contribution in [0.5, 0.6) is 11.5 Å². The second-order valence-corrected chi connectivity index (χ2v) is 12.6. The molecule has 0 aliphatic carbocycles. The monoisotopic (exact) mass is 592 g/mol. The van der Waals surface area contributed by atoms with E-state index in [4.69, 9.17) is 4.74 Å². The zero-order chi connectivity index (χ0) is 30.8. The lowest BCUT2D eigenvalue weighted by Crippen LogP contribution is -2.34. The molecule has 3 nitrogen and oxygen atoms in total. The summed E-state index contributed by atoms with van der Waals surface area (Å²) in [6.07, 6.45) is 0. The molecule has 3 heteroatoms. The average Bonchev–Trinajstić information content (AvgIpc) is 3.11. The highest BCUT2D eigenvalue weighted by molar-refractivity contribution is 6.02. The Kier molecular flexibility index (Phi) is 5.85. The summed E-state index contributed by atoms with van der Waals surface area (Å²) in [4.78, 5) is 4.87. The van der Waals surface area contributed by atoms with Gasteiger partial charge in [0.15, 0.2) is 11.5 Å². The maximum atomic E-state index is 6.49. The molecule has 7 aromatic carbocycles. The molecule has 2 heterocycles. The maximum absolute atomic E-state index is 6.49. The summed E-state index contributed by atoms with van der Waals surface area (Å²) < 4.78 is 6.49. The normalized spacial score (nSPS) is 13.7. The third kappa shape index (κ3) is 3.92. The minimum Gasteiger partial charge on any atom is -0.453 e. The van der Waals surface area contributed by atoms with Gasteiger partial charge in [-0.2, -0.15) is 0 Å². The molecule has 0 aromatic heterocycles. The van der Waals surface area contributed by atoms with Crippen molar-refractivity contribution in [3.8, 4) is 22.6 Å². The quantitative estimate of drug-likeness (QED) is 0.202. The minimum atomic E-state index is -0.323. The number of rotatable bonds is 4. The summed E-state index contributed by atoms with van der Waals surface area (Å²) in [6.45, 7) is 4.70. The summed E-state index contributed by atoms with van der Waals surface area (Å²) in [5, 5.41) is 2.43. The first-order valence-corrected chi connectivity index (χ1v) is 15.9. The first-order chi connectivity index (χ1) is 22.6. The molecule has 2 aliphatic heterocycles. The van der Waals surface area contributed by atoms with E-state index in [9.17, 15) is 0 Å². The molecule has 0 saturated carbocycles. The Balaban J connectivity index is 1.32. The fourth-order valence-corrected chi connectivity index (χ4v) is 7.48. The summed E-state index contributed by atoms with van der Waals surface area (Å²) >= 11 is 0. The van der Waals surface area contributed by atoms with Crippen molar-refractivity contribution in [3.63, 3.8) is 0 Å². The highest BCUT2D eigenvalue weighted by atomic mass is 16.5. The van der Waals surface area contributed by atoms with Gasteiger partial charge >= 0.3 is 0 Å². The molecule has 0 spiro atoms. The topological polar surface area (TPSA) is 15.7 Å². The molecule has 46 heavy (non-hydrogen) atoms. The van der Waals surface area contributed by atoms with Gasteiger partial charge in [0.2, 0.25) is 0 Å². The van der Waals surface area contributed by atoms with E-state index in [1.54, 1.807) is 0 Å². The molecule has 0 fully saturated rings. The molecule has 0 radical (unpaired) electrons. The van der Waals surface area contributed by atoms with Crippen LogP contribution in [0.25, 0.3) is 21.9 Å². The van der Waals surface area contributed by atoms with Crippen LogP contribution in [0.3, 0.4) is 0 Å². The second kappa shape index (κ2) is 10.1. The number of hydrogen-bond donors (Lipinski definition) is 0. The largest absolute Gasteiger partial charge is 0.453 e. The van der Waals surface area contributed by atoms with E-state index in [1.807, 2.05) is 6.07 Å². The average molecular weight is 593 g/mol. The maximum Gasteiger partial charge on any atom is 0.151 e. The Morgan fingerprint density at radius 1 is 0.522 bits per heavy atom. The fourth-order valence-electron chi connectivity index (χ4n) is 7.48. The summed E-state index contributed by atoms with van der Waals surface area (Å²) in [7, 11) is 0. The number of ether oxygens (including phenoxy) is 1. The van der Waals surface area contributed by atoms with Crippen molar-refractivity contribution >= 4 is 44.9 Å². The van der Waals surface area contributed by atoms with Crippen LogP contribution in [0, 0.1) is 0 Å². The van der Waals surface area contributed by atoms with Crippen molar-refractivity contribution in [2.24, 2.45) is 0 Å². The van der Waals surface area contributed by atoms with E-state index in [0.29, 0.717) is 0 Å². The SMILES string of the molecule is CC1(C)c2cccc3c2N(c2ccccc2O3)c2cccc(N(c3ccc(-c4ccccc4)cc3)c3cccc4ccccc34)c21. The van der Waals surface area contributed by atoms with Crippen LogP contribution in [-0.2, 0) is 5.41 Å². The fraction of sp³-hybridized carbons (Fsp3) is 0.0698. The lowest BCUT2D eigenvalue weighted by Gasteiger charge is -2.46. The van der Waals surface area contributed by atoms with Crippen LogP contribution in [0.1, 0.15) is 25.0 Å². The summed E-state index contributed by atoms with van der Waals surface area (Å²) in [6, 6.07) is 56.5. The molecule has 0 unspecified atom stereocenters. The Labute approximate surface area is 269 Å². The van der Waals surface area contributed by atoms with Crippen LogP contribution < -0.4 is 14.5 Å². The van der Waals surface area contributed by atoms with Gasteiger partial charge in [0.1, 0.15) is 0 Å². The molecule has 0 amide bonds. The molecule has 220 valence electrons. The van der Waals surface area contributed by atoms with Gasteiger partial charge in [0, 0.05) is 22.1 Å². The number of benzene rings is 7. The Morgan fingerprint density at radius 2 is 1.15 bits per heavy atom. The highest BCUT2D eigenvalue weighted by Crippen LogP contribution is 2.62. The second-order valence-electron chi connectivity index (χ2n) is 12.6. The van der Waals surface area contributed by atoms with Gasteiger partial charge in [-0.25, -0.2) is 0 Å². The Bertz CT molecular complexity index is 2270. The van der Waals surface area contributed by atoms with Gasteiger partial charge in [-0.1, -0.05) is 123 Å². The van der Waals surface area contributed by atoms with Crippen LogP contribution in [-0.4, -0.2) is 0 Å². The predicted octanol–water partition coefficient (Wildman–Crippen LogP) is 12.2. The Morgan fingerprint density at radius 3 is 2.02 bits per heavy atom. The van der Waals surface area contributed by atoms with Crippen LogP contribution >= 0.6 is 0 Å². The van der Waals surface area contributed by atoms with Crippen LogP contribution in [0.2, 0.25) is 0 Å². The summed E-state index contributed by atoms with van der Waals surface area (Å²) in [5.74, 6) is 1.76. The van der Waals surface area contributed by atoms with E-state index in [0.717, 1.165) is 39.9 Å². The Hall–Kier alpha value is -5.80. The van der Waals surface area contributed by atoms with Gasteiger partial charge in [-0.3, -0.25) is 0 Å². The van der Waals surface area contributed by atoms with Gasteiger partial charge in [0.25, 0.3) is 0 Å². The number of para-hydroxylation sites is 3. The lowest BCUT2D eigenvalue weighted by molar-refractivity contribution is 0.471. The van der Waals surface area contributed by atoms with Crippen molar-refractivity contribution in [2.45, 2.75) is 19.3 Å². The minimum absolute atomic E-state index is 0.323. The molecule has 0 N–H and O–H groups in total. The van der Waals surface area contributed by atoms with Crippen molar-refractivity contribution in [1.82, 2.24) is 0 Å². The van der Waals surface area contributed by atoms with E-state index in [1.165, 1.54) is 38.7 Å². The smallest absolute Gasteiger partial charge is 0.151 e. The van der Waals surface area contributed by atoms with Crippen molar-refractivity contribution in [1.29, 1.82) is 0 Å². The van der Waals surface area contributed by atoms with Crippen molar-refractivity contribution in [3.05, 3.63) is 169 Å². The van der Waals surface area contributed by atoms with E-state index in [-0.39, 0.29) is 5.41 Å². The number of nitrogens with zero attached hydrogens (tertiary/aromatic N) is 2. The van der Waals surface area contributed by atoms with Gasteiger partial charge in [-0.15, -0.1) is 0 Å². The predicted molar refractivity (Wildman–Crippen MR) is 191 cm³/mol. The molecule has 7 aromatic rings. The van der Waals surface area contributed by atoms with E-state index >= 15 is 0 Å². The van der Waals surface area contributed by atoms with Gasteiger partial charge < -0.3 is 14.5 Å². The van der Waals surface area contributed by atoms with Crippen molar-refractivity contribution in [2.75, 3.05) is 9.80 Å².